The van der Waals surface area contributed by atoms with Crippen molar-refractivity contribution in [1.82, 2.24) is 0 Å². The molecule has 0 unspecified atom stereocenters. The third-order valence-corrected chi connectivity index (χ3v) is 5.49. The molecule has 2 aromatic rings. The monoisotopic (exact) mass is 372 g/mol. The summed E-state index contributed by atoms with van der Waals surface area (Å²) in [5.74, 6) is -2.34. The SMILES string of the molecule is CCCCCCC1=Cc2cc(F)c(-c3ccc(CC)c(F)c3F)cc2CC1. The van der Waals surface area contributed by atoms with E-state index in [1.807, 2.05) is 0 Å². The molecule has 3 rings (SSSR count). The van der Waals surface area contributed by atoms with Gasteiger partial charge in [-0.1, -0.05) is 56.9 Å². The molecule has 144 valence electrons. The fraction of sp³-hybridized carbons (Fsp3) is 0.417. The lowest BCUT2D eigenvalue weighted by atomic mass is 9.87. The van der Waals surface area contributed by atoms with Gasteiger partial charge in [0.2, 0.25) is 0 Å². The van der Waals surface area contributed by atoms with Crippen LogP contribution >= 0.6 is 0 Å². The van der Waals surface area contributed by atoms with E-state index in [2.05, 4.69) is 13.0 Å². The Morgan fingerprint density at radius 1 is 0.852 bits per heavy atom. The molecule has 0 atom stereocenters. The van der Waals surface area contributed by atoms with E-state index in [0.717, 1.165) is 30.4 Å². The first kappa shape index (κ1) is 19.7. The largest absolute Gasteiger partial charge is 0.206 e. The Hall–Kier alpha value is -2.03. The number of rotatable bonds is 7. The Morgan fingerprint density at radius 2 is 1.67 bits per heavy atom. The highest BCUT2D eigenvalue weighted by atomic mass is 19.2. The quantitative estimate of drug-likeness (QED) is 0.438. The first-order chi connectivity index (χ1) is 13.0. The highest BCUT2D eigenvalue weighted by molar-refractivity contribution is 5.71. The molecule has 0 amide bonds. The Balaban J connectivity index is 1.88. The smallest absolute Gasteiger partial charge is 0.167 e. The summed E-state index contributed by atoms with van der Waals surface area (Å²) in [6.45, 7) is 3.96. The van der Waals surface area contributed by atoms with Crippen molar-refractivity contribution in [2.24, 2.45) is 0 Å². The molecule has 0 aromatic heterocycles. The number of hydrogen-bond donors (Lipinski definition) is 0. The summed E-state index contributed by atoms with van der Waals surface area (Å²) in [7, 11) is 0. The number of hydrogen-bond acceptors (Lipinski definition) is 0. The molecule has 27 heavy (non-hydrogen) atoms. The summed E-state index contributed by atoms with van der Waals surface area (Å²) in [4.78, 5) is 0. The maximum absolute atomic E-state index is 14.7. The number of allylic oxidation sites excluding steroid dienone is 1. The molecular weight excluding hydrogens is 345 g/mol. The van der Waals surface area contributed by atoms with Crippen LogP contribution in [0.1, 0.15) is 69.1 Å². The molecular formula is C24H27F3. The third kappa shape index (κ3) is 4.28. The highest BCUT2D eigenvalue weighted by Gasteiger charge is 2.19. The van der Waals surface area contributed by atoms with Gasteiger partial charge in [-0.15, -0.1) is 0 Å². The van der Waals surface area contributed by atoms with Crippen molar-refractivity contribution < 1.29 is 13.2 Å². The molecule has 0 fully saturated rings. The molecule has 1 aliphatic rings. The van der Waals surface area contributed by atoms with Crippen LogP contribution in [0.15, 0.2) is 29.8 Å². The second kappa shape index (κ2) is 8.77. The lowest BCUT2D eigenvalue weighted by Crippen LogP contribution is -2.03. The summed E-state index contributed by atoms with van der Waals surface area (Å²) in [5, 5.41) is 0. The van der Waals surface area contributed by atoms with Crippen molar-refractivity contribution in [3.8, 4) is 11.1 Å². The van der Waals surface area contributed by atoms with Crippen molar-refractivity contribution in [1.29, 1.82) is 0 Å². The van der Waals surface area contributed by atoms with Gasteiger partial charge in [0.25, 0.3) is 0 Å². The second-order valence-electron chi connectivity index (χ2n) is 7.40. The van der Waals surface area contributed by atoms with Crippen molar-refractivity contribution >= 4 is 6.08 Å². The van der Waals surface area contributed by atoms with Gasteiger partial charge in [0.05, 0.1) is 0 Å². The van der Waals surface area contributed by atoms with Gasteiger partial charge in [0, 0.05) is 11.1 Å². The van der Waals surface area contributed by atoms with Crippen molar-refractivity contribution in [3.63, 3.8) is 0 Å². The van der Waals surface area contributed by atoms with E-state index in [0.29, 0.717) is 12.0 Å². The number of aryl methyl sites for hydroxylation is 2. The van der Waals surface area contributed by atoms with Gasteiger partial charge < -0.3 is 0 Å². The van der Waals surface area contributed by atoms with Crippen molar-refractivity contribution in [3.05, 3.63) is 64.0 Å². The van der Waals surface area contributed by atoms with Crippen LogP contribution in [0.4, 0.5) is 13.2 Å². The molecule has 2 aromatic carbocycles. The maximum Gasteiger partial charge on any atom is 0.167 e. The minimum absolute atomic E-state index is 0.000609. The van der Waals surface area contributed by atoms with Crippen LogP contribution in [0.25, 0.3) is 17.2 Å². The van der Waals surface area contributed by atoms with E-state index in [1.165, 1.54) is 43.4 Å². The van der Waals surface area contributed by atoms with Gasteiger partial charge >= 0.3 is 0 Å². The Morgan fingerprint density at radius 3 is 2.41 bits per heavy atom. The predicted molar refractivity (Wildman–Crippen MR) is 106 cm³/mol. The van der Waals surface area contributed by atoms with Gasteiger partial charge in [0.15, 0.2) is 11.6 Å². The zero-order valence-corrected chi connectivity index (χ0v) is 16.2. The molecule has 0 spiro atoms. The lowest BCUT2D eigenvalue weighted by molar-refractivity contribution is 0.501. The summed E-state index contributed by atoms with van der Waals surface area (Å²) in [6, 6.07) is 6.19. The third-order valence-electron chi connectivity index (χ3n) is 5.49. The fourth-order valence-electron chi connectivity index (χ4n) is 3.82. The summed E-state index contributed by atoms with van der Waals surface area (Å²) in [5.41, 5.74) is 3.69. The minimum atomic E-state index is -0.962. The highest BCUT2D eigenvalue weighted by Crippen LogP contribution is 2.34. The van der Waals surface area contributed by atoms with Crippen LogP contribution in [0.3, 0.4) is 0 Å². The molecule has 0 radical (unpaired) electrons. The molecule has 0 aliphatic heterocycles. The van der Waals surface area contributed by atoms with E-state index in [-0.39, 0.29) is 11.1 Å². The first-order valence-corrected chi connectivity index (χ1v) is 10.0. The second-order valence-corrected chi connectivity index (χ2v) is 7.40. The minimum Gasteiger partial charge on any atom is -0.206 e. The average molecular weight is 372 g/mol. The molecule has 1 aliphatic carbocycles. The Labute approximate surface area is 160 Å². The molecule has 0 saturated heterocycles. The number of unbranched alkanes of at least 4 members (excludes halogenated alkanes) is 3. The van der Waals surface area contributed by atoms with E-state index in [4.69, 9.17) is 0 Å². The van der Waals surface area contributed by atoms with Crippen LogP contribution in [-0.2, 0) is 12.8 Å². The Bertz CT molecular complexity index is 849. The lowest BCUT2D eigenvalue weighted by Gasteiger charge is -2.19. The molecule has 0 N–H and O–H groups in total. The standard InChI is InChI=1S/C24H27F3/c1-3-5-6-7-8-16-9-10-18-14-21(22(25)15-19(18)13-16)20-12-11-17(4-2)23(26)24(20)27/h11-15H,3-10H2,1-2H3. The summed E-state index contributed by atoms with van der Waals surface area (Å²) < 4.78 is 43.3. The molecule has 3 heteroatoms. The van der Waals surface area contributed by atoms with E-state index in [9.17, 15) is 13.2 Å². The van der Waals surface area contributed by atoms with Crippen LogP contribution in [0.2, 0.25) is 0 Å². The summed E-state index contributed by atoms with van der Waals surface area (Å²) >= 11 is 0. The van der Waals surface area contributed by atoms with Gasteiger partial charge in [-0.3, -0.25) is 0 Å². The summed E-state index contributed by atoms with van der Waals surface area (Å²) in [6.07, 6.45) is 10.2. The number of fused-ring (bicyclic) bond motifs is 1. The van der Waals surface area contributed by atoms with Crippen molar-refractivity contribution in [2.45, 2.75) is 65.2 Å². The van der Waals surface area contributed by atoms with Crippen molar-refractivity contribution in [2.75, 3.05) is 0 Å². The van der Waals surface area contributed by atoms with Gasteiger partial charge in [-0.05, 0) is 60.9 Å². The van der Waals surface area contributed by atoms with Gasteiger partial charge in [-0.2, -0.15) is 0 Å². The molecule has 0 saturated carbocycles. The van der Waals surface area contributed by atoms with Crippen LogP contribution in [-0.4, -0.2) is 0 Å². The van der Waals surface area contributed by atoms with E-state index in [1.54, 1.807) is 19.1 Å². The van der Waals surface area contributed by atoms with Crippen LogP contribution in [0.5, 0.6) is 0 Å². The predicted octanol–water partition coefficient (Wildman–Crippen LogP) is 7.63. The number of benzene rings is 2. The zero-order valence-electron chi connectivity index (χ0n) is 16.2. The Kier molecular flexibility index (Phi) is 6.41. The topological polar surface area (TPSA) is 0 Å². The fourth-order valence-corrected chi connectivity index (χ4v) is 3.82. The number of halogens is 3. The molecule has 0 nitrogen and oxygen atoms in total. The van der Waals surface area contributed by atoms with E-state index >= 15 is 0 Å². The normalized spacial score (nSPS) is 13.4. The van der Waals surface area contributed by atoms with Gasteiger partial charge in [0.1, 0.15) is 5.82 Å². The van der Waals surface area contributed by atoms with E-state index < -0.39 is 17.5 Å². The molecule has 0 bridgehead atoms. The average Bonchev–Trinajstić information content (AvgIpc) is 2.67. The zero-order chi connectivity index (χ0) is 19.4. The first-order valence-electron chi connectivity index (χ1n) is 10.0. The van der Waals surface area contributed by atoms with Gasteiger partial charge in [-0.25, -0.2) is 13.2 Å². The maximum atomic E-state index is 14.7. The van der Waals surface area contributed by atoms with Crippen LogP contribution in [0, 0.1) is 17.5 Å². The molecule has 0 heterocycles. The van der Waals surface area contributed by atoms with Crippen LogP contribution < -0.4 is 0 Å².